The van der Waals surface area contributed by atoms with Crippen LogP contribution in [0.4, 0.5) is 11.4 Å². The second-order valence-corrected chi connectivity index (χ2v) is 13.9. The zero-order chi connectivity index (χ0) is 35.0. The van der Waals surface area contributed by atoms with Gasteiger partial charge in [0.25, 0.3) is 5.91 Å². The molecule has 3 heterocycles. The van der Waals surface area contributed by atoms with Gasteiger partial charge in [0.15, 0.2) is 0 Å². The Hall–Kier alpha value is -3.66. The van der Waals surface area contributed by atoms with Crippen molar-refractivity contribution >= 4 is 40.7 Å². The zero-order valence-electron chi connectivity index (χ0n) is 28.6. The van der Waals surface area contributed by atoms with Crippen molar-refractivity contribution in [2.75, 3.05) is 36.1 Å². The van der Waals surface area contributed by atoms with Crippen LogP contribution in [0.3, 0.4) is 0 Å². The second-order valence-electron chi connectivity index (χ2n) is 13.5. The minimum absolute atomic E-state index is 0.131. The van der Waals surface area contributed by atoms with Crippen LogP contribution in [0.2, 0.25) is 5.02 Å². The number of nitrogens with zero attached hydrogens (tertiary/aromatic N) is 3. The Morgan fingerprint density at radius 3 is 2.15 bits per heavy atom. The Kier molecular flexibility index (Phi) is 10.4. The van der Waals surface area contributed by atoms with E-state index in [4.69, 9.17) is 21.1 Å². The average Bonchev–Trinajstić information content (AvgIpc) is 3.59. The number of carbonyl (C=O) groups is 3. The average molecular weight is 678 g/mol. The lowest BCUT2D eigenvalue weighted by molar-refractivity contribution is -0.150. The molecule has 8 atom stereocenters. The lowest BCUT2D eigenvalue weighted by atomic mass is 9.62. The molecule has 3 aliphatic heterocycles. The molecule has 0 aromatic heterocycles. The van der Waals surface area contributed by atoms with Gasteiger partial charge in [0.1, 0.15) is 17.4 Å². The van der Waals surface area contributed by atoms with E-state index in [1.165, 1.54) is 0 Å². The first kappa shape index (κ1) is 35.6. The van der Waals surface area contributed by atoms with E-state index >= 15 is 4.79 Å². The highest BCUT2D eigenvalue weighted by Crippen LogP contribution is 2.66. The highest BCUT2D eigenvalue weighted by molar-refractivity contribution is 6.30. The summed E-state index contributed by atoms with van der Waals surface area (Å²) in [6, 6.07) is 12.4. The summed E-state index contributed by atoms with van der Waals surface area (Å²) >= 11 is 6.20. The van der Waals surface area contributed by atoms with Crippen molar-refractivity contribution in [3.8, 4) is 5.75 Å². The van der Waals surface area contributed by atoms with Crippen LogP contribution in [-0.4, -0.2) is 77.3 Å². The predicted molar refractivity (Wildman–Crippen MR) is 188 cm³/mol. The fourth-order valence-corrected chi connectivity index (χ4v) is 8.36. The summed E-state index contributed by atoms with van der Waals surface area (Å²) < 4.78 is 12.6. The Labute approximate surface area is 289 Å². The Morgan fingerprint density at radius 1 is 1.06 bits per heavy atom. The van der Waals surface area contributed by atoms with Crippen LogP contribution in [0, 0.1) is 23.7 Å². The third kappa shape index (κ3) is 5.73. The van der Waals surface area contributed by atoms with E-state index < -0.39 is 35.1 Å². The van der Waals surface area contributed by atoms with Gasteiger partial charge in [-0.3, -0.25) is 14.4 Å². The smallest absolute Gasteiger partial charge is 0.253 e. The summed E-state index contributed by atoms with van der Waals surface area (Å²) in [5, 5.41) is 11.3. The van der Waals surface area contributed by atoms with E-state index in [9.17, 15) is 14.7 Å². The fourth-order valence-electron chi connectivity index (χ4n) is 8.23. The molecule has 0 aliphatic carbocycles. The van der Waals surface area contributed by atoms with E-state index in [0.717, 1.165) is 0 Å². The number of carbonyl (C=O) groups excluding carboxylic acids is 3. The first-order valence-electron chi connectivity index (χ1n) is 16.9. The SMILES string of the molecule is C=CCN(C(=O)C1N([C@@H](CO)[C@@H](C)CC)C(=O)[C@@H]2[C@@H](C(=O)N(CC=C)c3ccc(OCC)cc3)[C@]3(C)OC12CC3C)c1ccc(Cl)cc1. The number of aliphatic hydroxyl groups excluding tert-OH is 1. The van der Waals surface area contributed by atoms with Crippen LogP contribution >= 0.6 is 11.6 Å². The first-order valence-corrected chi connectivity index (χ1v) is 17.3. The Balaban J connectivity index is 1.65. The molecular weight excluding hydrogens is 630 g/mol. The Bertz CT molecular complexity index is 1530. The molecule has 48 heavy (non-hydrogen) atoms. The molecule has 0 radical (unpaired) electrons. The van der Waals surface area contributed by atoms with Crippen LogP contribution in [0.15, 0.2) is 73.8 Å². The van der Waals surface area contributed by atoms with Crippen molar-refractivity contribution in [3.05, 3.63) is 78.9 Å². The van der Waals surface area contributed by atoms with Gasteiger partial charge in [0.05, 0.1) is 36.7 Å². The van der Waals surface area contributed by atoms with E-state index in [0.29, 0.717) is 41.6 Å². The number of anilines is 2. The first-order chi connectivity index (χ1) is 22.9. The maximum atomic E-state index is 15.0. The van der Waals surface area contributed by atoms with Crippen molar-refractivity contribution < 1.29 is 29.0 Å². The molecule has 5 rings (SSSR count). The minimum Gasteiger partial charge on any atom is -0.494 e. The molecule has 3 aliphatic rings. The zero-order valence-corrected chi connectivity index (χ0v) is 29.4. The molecule has 258 valence electrons. The number of fused-ring (bicyclic) bond motifs is 1. The van der Waals surface area contributed by atoms with Crippen molar-refractivity contribution in [2.24, 2.45) is 23.7 Å². The quantitative estimate of drug-likeness (QED) is 0.250. The lowest BCUT2D eigenvalue weighted by Crippen LogP contribution is -2.60. The van der Waals surface area contributed by atoms with E-state index in [-0.39, 0.29) is 49.3 Å². The largest absolute Gasteiger partial charge is 0.494 e. The summed E-state index contributed by atoms with van der Waals surface area (Å²) in [7, 11) is 0. The van der Waals surface area contributed by atoms with Crippen LogP contribution < -0.4 is 14.5 Å². The number of rotatable bonds is 14. The molecule has 3 amide bonds. The molecule has 0 saturated carbocycles. The number of benzene rings is 2. The van der Waals surface area contributed by atoms with Gasteiger partial charge in [-0.05, 0) is 80.6 Å². The van der Waals surface area contributed by atoms with Crippen molar-refractivity contribution in [1.29, 1.82) is 0 Å². The lowest BCUT2D eigenvalue weighted by Gasteiger charge is -2.41. The van der Waals surface area contributed by atoms with E-state index in [1.54, 1.807) is 51.1 Å². The molecular formula is C38H48ClN3O6. The third-order valence-electron chi connectivity index (χ3n) is 10.9. The molecule has 3 fully saturated rings. The molecule has 1 N–H and O–H groups in total. The normalized spacial score (nSPS) is 28.5. The number of halogens is 1. The Morgan fingerprint density at radius 2 is 1.62 bits per heavy atom. The standard InChI is InChI=1S/C38H48ClN3O6/c1-8-20-40(28-16-18-29(19-17-28)47-11-4)34(44)31-32-35(45)42(30(23-43)24(5)10-3)33(38(32)22-25(6)37(31,7)48-38)36(46)41(21-9-2)27-14-12-26(39)13-15-27/h8-9,12-19,24-25,30-33,43H,1-2,10-11,20-23H2,3-7H3/t24-,25?,30-,31-,32-,33?,37+,38?/m0/s1. The molecule has 2 aromatic rings. The van der Waals surface area contributed by atoms with Gasteiger partial charge >= 0.3 is 0 Å². The molecule has 3 saturated heterocycles. The van der Waals surface area contributed by atoms with Crippen molar-refractivity contribution in [3.63, 3.8) is 0 Å². The van der Waals surface area contributed by atoms with Gasteiger partial charge in [0.2, 0.25) is 11.8 Å². The summed E-state index contributed by atoms with van der Waals surface area (Å²) in [5.74, 6) is -2.40. The maximum Gasteiger partial charge on any atom is 0.253 e. The molecule has 1 spiro atoms. The van der Waals surface area contributed by atoms with Gasteiger partial charge in [-0.1, -0.05) is 50.9 Å². The molecule has 9 nitrogen and oxygen atoms in total. The monoisotopic (exact) mass is 677 g/mol. The van der Waals surface area contributed by atoms with Crippen LogP contribution in [0.25, 0.3) is 0 Å². The predicted octanol–water partition coefficient (Wildman–Crippen LogP) is 5.89. The van der Waals surface area contributed by atoms with Gasteiger partial charge in [-0.25, -0.2) is 0 Å². The number of amides is 3. The fraction of sp³-hybridized carbons (Fsp3) is 0.500. The molecule has 2 bridgehead atoms. The van der Waals surface area contributed by atoms with Crippen LogP contribution in [-0.2, 0) is 19.1 Å². The minimum atomic E-state index is -1.30. The second kappa shape index (κ2) is 14.1. The topological polar surface area (TPSA) is 99.6 Å². The van der Waals surface area contributed by atoms with Gasteiger partial charge in [0, 0.05) is 29.5 Å². The van der Waals surface area contributed by atoms with Crippen molar-refractivity contribution in [1.82, 2.24) is 4.90 Å². The van der Waals surface area contributed by atoms with E-state index in [2.05, 4.69) is 13.2 Å². The summed E-state index contributed by atoms with van der Waals surface area (Å²) in [6.45, 7) is 18.1. The summed E-state index contributed by atoms with van der Waals surface area (Å²) in [6.07, 6.45) is 4.36. The highest BCUT2D eigenvalue weighted by Gasteiger charge is 2.80. The molecule has 2 aromatic carbocycles. The van der Waals surface area contributed by atoms with E-state index in [1.807, 2.05) is 58.9 Å². The van der Waals surface area contributed by atoms with Gasteiger partial charge in [-0.2, -0.15) is 0 Å². The van der Waals surface area contributed by atoms with Crippen molar-refractivity contribution in [2.45, 2.75) is 70.7 Å². The van der Waals surface area contributed by atoms with Crippen LogP contribution in [0.5, 0.6) is 5.75 Å². The number of aliphatic hydroxyl groups is 1. The van der Waals surface area contributed by atoms with Crippen LogP contribution in [0.1, 0.15) is 47.5 Å². The summed E-state index contributed by atoms with van der Waals surface area (Å²) in [5.41, 5.74) is -1.10. The molecule has 10 heteroatoms. The van der Waals surface area contributed by atoms with Gasteiger partial charge in [-0.15, -0.1) is 13.2 Å². The number of hydrogen-bond donors (Lipinski definition) is 1. The highest BCUT2D eigenvalue weighted by atomic mass is 35.5. The number of likely N-dealkylation sites (tertiary alicyclic amines) is 1. The number of hydrogen-bond acceptors (Lipinski definition) is 6. The third-order valence-corrected chi connectivity index (χ3v) is 11.1. The van der Waals surface area contributed by atoms with Gasteiger partial charge < -0.3 is 29.3 Å². The maximum absolute atomic E-state index is 15.0. The number of ether oxygens (including phenoxy) is 2. The summed E-state index contributed by atoms with van der Waals surface area (Å²) in [4.78, 5) is 49.7. The molecule has 3 unspecified atom stereocenters.